The van der Waals surface area contributed by atoms with Gasteiger partial charge in [-0.25, -0.2) is 10.9 Å². The fourth-order valence-electron chi connectivity index (χ4n) is 0.659. The molecule has 1 aromatic heterocycles. The zero-order chi connectivity index (χ0) is 8.10. The van der Waals surface area contributed by atoms with E-state index in [0.29, 0.717) is 11.8 Å². The first kappa shape index (κ1) is 8.45. The van der Waals surface area contributed by atoms with Gasteiger partial charge in [-0.1, -0.05) is 11.3 Å². The van der Waals surface area contributed by atoms with Gasteiger partial charge in [0.1, 0.15) is 0 Å². The van der Waals surface area contributed by atoms with E-state index in [1.54, 1.807) is 13.3 Å². The Hall–Kier alpha value is -0.650. The monoisotopic (exact) mass is 174 g/mol. The molecule has 1 aromatic rings. The van der Waals surface area contributed by atoms with Gasteiger partial charge in [-0.3, -0.25) is 0 Å². The maximum absolute atomic E-state index is 4.91. The van der Waals surface area contributed by atoms with Crippen LogP contribution >= 0.6 is 11.3 Å². The normalized spacial score (nSPS) is 10.0. The van der Waals surface area contributed by atoms with Crippen LogP contribution in [0.1, 0.15) is 4.88 Å². The number of rotatable bonds is 4. The van der Waals surface area contributed by atoms with Gasteiger partial charge in [-0.15, -0.1) is 0 Å². The number of nitrogens with zero attached hydrogens (tertiary/aromatic N) is 1. The SMILES string of the molecule is COc1ncc(CCON)s1. The van der Waals surface area contributed by atoms with Crippen molar-refractivity contribution in [2.24, 2.45) is 5.90 Å². The summed E-state index contributed by atoms with van der Waals surface area (Å²) in [6, 6.07) is 0. The van der Waals surface area contributed by atoms with Gasteiger partial charge in [0.25, 0.3) is 5.19 Å². The molecular weight excluding hydrogens is 164 g/mol. The van der Waals surface area contributed by atoms with E-state index in [0.717, 1.165) is 11.3 Å². The van der Waals surface area contributed by atoms with Crippen molar-refractivity contribution < 1.29 is 9.57 Å². The van der Waals surface area contributed by atoms with Crippen LogP contribution in [-0.4, -0.2) is 18.7 Å². The molecule has 0 fully saturated rings. The van der Waals surface area contributed by atoms with E-state index < -0.39 is 0 Å². The van der Waals surface area contributed by atoms with Crippen LogP contribution in [0.3, 0.4) is 0 Å². The zero-order valence-electron chi connectivity index (χ0n) is 6.24. The van der Waals surface area contributed by atoms with Gasteiger partial charge < -0.3 is 9.57 Å². The lowest BCUT2D eigenvalue weighted by Gasteiger charge is -1.92. The van der Waals surface area contributed by atoms with E-state index in [-0.39, 0.29) is 0 Å². The van der Waals surface area contributed by atoms with Crippen LogP contribution in [0.25, 0.3) is 0 Å². The first-order valence-corrected chi connectivity index (χ1v) is 3.99. The van der Waals surface area contributed by atoms with Crippen LogP contribution in [0.2, 0.25) is 0 Å². The summed E-state index contributed by atoms with van der Waals surface area (Å²) in [6.07, 6.45) is 2.56. The molecule has 0 unspecified atom stereocenters. The molecule has 0 bridgehead atoms. The van der Waals surface area contributed by atoms with Crippen LogP contribution in [0, 0.1) is 0 Å². The summed E-state index contributed by atoms with van der Waals surface area (Å²) in [7, 11) is 1.60. The van der Waals surface area contributed by atoms with Crippen molar-refractivity contribution in [2.75, 3.05) is 13.7 Å². The van der Waals surface area contributed by atoms with Gasteiger partial charge in [0.2, 0.25) is 0 Å². The van der Waals surface area contributed by atoms with E-state index in [9.17, 15) is 0 Å². The quantitative estimate of drug-likeness (QED) is 0.678. The number of hydrogen-bond acceptors (Lipinski definition) is 5. The Kier molecular flexibility index (Phi) is 3.28. The molecule has 0 amide bonds. The van der Waals surface area contributed by atoms with Gasteiger partial charge in [0, 0.05) is 17.5 Å². The second kappa shape index (κ2) is 4.27. The van der Waals surface area contributed by atoms with Crippen molar-refractivity contribution in [3.05, 3.63) is 11.1 Å². The molecule has 0 aliphatic rings. The Balaban J connectivity index is 2.44. The lowest BCUT2D eigenvalue weighted by atomic mass is 10.4. The van der Waals surface area contributed by atoms with E-state index in [1.165, 1.54) is 11.3 Å². The minimum atomic E-state index is 0.519. The lowest BCUT2D eigenvalue weighted by Crippen LogP contribution is -2.02. The summed E-state index contributed by atoms with van der Waals surface area (Å²) in [4.78, 5) is 9.53. The van der Waals surface area contributed by atoms with Crippen molar-refractivity contribution in [3.63, 3.8) is 0 Å². The Morgan fingerprint density at radius 2 is 2.55 bits per heavy atom. The molecule has 1 heterocycles. The fraction of sp³-hybridized carbons (Fsp3) is 0.500. The number of thiazole rings is 1. The minimum absolute atomic E-state index is 0.519. The summed E-state index contributed by atoms with van der Waals surface area (Å²) >= 11 is 1.50. The summed E-state index contributed by atoms with van der Waals surface area (Å²) in [6.45, 7) is 0.519. The van der Waals surface area contributed by atoms with E-state index in [2.05, 4.69) is 9.82 Å². The van der Waals surface area contributed by atoms with Crippen molar-refractivity contribution in [2.45, 2.75) is 6.42 Å². The second-order valence-corrected chi connectivity index (χ2v) is 3.00. The summed E-state index contributed by atoms with van der Waals surface area (Å²) in [5.74, 6) is 4.87. The van der Waals surface area contributed by atoms with E-state index >= 15 is 0 Å². The smallest absolute Gasteiger partial charge is 0.273 e. The number of ether oxygens (including phenoxy) is 1. The molecule has 0 spiro atoms. The predicted octanol–water partition coefficient (Wildman–Crippen LogP) is 0.585. The number of hydrogen-bond donors (Lipinski definition) is 1. The van der Waals surface area contributed by atoms with E-state index in [1.807, 2.05) is 0 Å². The van der Waals surface area contributed by atoms with Gasteiger partial charge in [0.15, 0.2) is 0 Å². The molecule has 0 aliphatic heterocycles. The molecule has 4 nitrogen and oxygen atoms in total. The van der Waals surface area contributed by atoms with Crippen molar-refractivity contribution in [1.29, 1.82) is 0 Å². The number of nitrogens with two attached hydrogens (primary N) is 1. The minimum Gasteiger partial charge on any atom is -0.473 e. The highest BCUT2D eigenvalue weighted by Gasteiger charge is 1.99. The molecule has 0 atom stereocenters. The van der Waals surface area contributed by atoms with Crippen molar-refractivity contribution >= 4 is 11.3 Å². The molecule has 0 saturated carbocycles. The Bertz CT molecular complexity index is 214. The second-order valence-electron chi connectivity index (χ2n) is 1.92. The summed E-state index contributed by atoms with van der Waals surface area (Å²) < 4.78 is 4.91. The van der Waals surface area contributed by atoms with Gasteiger partial charge in [0.05, 0.1) is 13.7 Å². The van der Waals surface area contributed by atoms with Gasteiger partial charge in [-0.2, -0.15) is 0 Å². The predicted molar refractivity (Wildman–Crippen MR) is 42.5 cm³/mol. The lowest BCUT2D eigenvalue weighted by molar-refractivity contribution is 0.141. The highest BCUT2D eigenvalue weighted by atomic mass is 32.1. The van der Waals surface area contributed by atoms with Crippen molar-refractivity contribution in [1.82, 2.24) is 4.98 Å². The molecule has 5 heteroatoms. The van der Waals surface area contributed by atoms with Crippen LogP contribution < -0.4 is 10.6 Å². The largest absolute Gasteiger partial charge is 0.473 e. The molecule has 0 aromatic carbocycles. The van der Waals surface area contributed by atoms with Gasteiger partial charge >= 0.3 is 0 Å². The Morgan fingerprint density at radius 3 is 3.09 bits per heavy atom. The van der Waals surface area contributed by atoms with E-state index in [4.69, 9.17) is 10.6 Å². The average Bonchev–Trinajstić information content (AvgIpc) is 2.48. The maximum Gasteiger partial charge on any atom is 0.273 e. The first-order valence-electron chi connectivity index (χ1n) is 3.17. The van der Waals surface area contributed by atoms with Gasteiger partial charge in [-0.05, 0) is 0 Å². The fourth-order valence-corrected chi connectivity index (χ4v) is 1.36. The van der Waals surface area contributed by atoms with Crippen LogP contribution in [0.4, 0.5) is 0 Å². The number of aromatic nitrogens is 1. The molecular formula is C6H10N2O2S. The summed E-state index contributed by atoms with van der Waals surface area (Å²) in [5.41, 5.74) is 0. The van der Waals surface area contributed by atoms with Crippen LogP contribution in [-0.2, 0) is 11.3 Å². The third kappa shape index (κ3) is 2.45. The van der Waals surface area contributed by atoms with Crippen LogP contribution in [0.5, 0.6) is 5.19 Å². The topological polar surface area (TPSA) is 57.4 Å². The third-order valence-electron chi connectivity index (χ3n) is 1.17. The molecule has 0 radical (unpaired) electrons. The zero-order valence-corrected chi connectivity index (χ0v) is 7.06. The highest BCUT2D eigenvalue weighted by molar-refractivity contribution is 7.13. The standard InChI is InChI=1S/C6H10N2O2S/c1-9-6-8-4-5(11-6)2-3-10-7/h4H,2-3,7H2,1H3. The van der Waals surface area contributed by atoms with Crippen LogP contribution in [0.15, 0.2) is 6.20 Å². The molecule has 62 valence electrons. The first-order chi connectivity index (χ1) is 5.36. The third-order valence-corrected chi connectivity index (χ3v) is 2.19. The summed E-state index contributed by atoms with van der Waals surface area (Å²) in [5, 5.41) is 0.678. The number of methoxy groups -OCH3 is 1. The average molecular weight is 174 g/mol. The molecule has 2 N–H and O–H groups in total. The Labute approximate surface area is 68.9 Å². The Morgan fingerprint density at radius 1 is 1.73 bits per heavy atom. The highest BCUT2D eigenvalue weighted by Crippen LogP contribution is 2.19. The maximum atomic E-state index is 4.91. The molecule has 0 aliphatic carbocycles. The molecule has 0 saturated heterocycles. The molecule has 11 heavy (non-hydrogen) atoms. The van der Waals surface area contributed by atoms with Crippen molar-refractivity contribution in [3.8, 4) is 5.19 Å². The molecule has 1 rings (SSSR count).